The smallest absolute Gasteiger partial charge is 0.0207 e. The van der Waals surface area contributed by atoms with Crippen molar-refractivity contribution in [2.75, 3.05) is 13.1 Å². The predicted octanol–water partition coefficient (Wildman–Crippen LogP) is 1.25. The zero-order valence-corrected chi connectivity index (χ0v) is 11.2. The van der Waals surface area contributed by atoms with Crippen molar-refractivity contribution >= 4 is 0 Å². The molecule has 3 heteroatoms. The number of hydrogen-bond acceptors (Lipinski definition) is 3. The average Bonchev–Trinajstić information content (AvgIpc) is 2.49. The minimum atomic E-state index is 0.255. The van der Waals surface area contributed by atoms with Crippen LogP contribution in [0.1, 0.15) is 47.0 Å². The van der Waals surface area contributed by atoms with Crippen molar-refractivity contribution in [1.82, 2.24) is 16.0 Å². The standard InChI is InChI=1S/C13H27N3/c1-12(2)7-11(8-13(3,4)16-12)15-10-5-6-14-9-10/h10-11,14-16H,5-9H2,1-4H3. The summed E-state index contributed by atoms with van der Waals surface area (Å²) in [7, 11) is 0. The molecule has 0 aromatic rings. The van der Waals surface area contributed by atoms with Gasteiger partial charge in [0.1, 0.15) is 0 Å². The van der Waals surface area contributed by atoms with Gasteiger partial charge in [-0.2, -0.15) is 0 Å². The van der Waals surface area contributed by atoms with Gasteiger partial charge >= 0.3 is 0 Å². The Hall–Kier alpha value is -0.120. The van der Waals surface area contributed by atoms with Crippen LogP contribution in [-0.2, 0) is 0 Å². The van der Waals surface area contributed by atoms with Crippen LogP contribution in [0.3, 0.4) is 0 Å². The molecule has 94 valence electrons. The molecule has 2 aliphatic heterocycles. The maximum Gasteiger partial charge on any atom is 0.0207 e. The highest BCUT2D eigenvalue weighted by Crippen LogP contribution is 2.28. The lowest BCUT2D eigenvalue weighted by Crippen LogP contribution is -2.62. The molecule has 0 saturated carbocycles. The average molecular weight is 225 g/mol. The van der Waals surface area contributed by atoms with Gasteiger partial charge in [-0.3, -0.25) is 0 Å². The zero-order chi connectivity index (χ0) is 11.8. The maximum absolute atomic E-state index is 3.83. The Morgan fingerprint density at radius 1 is 1.00 bits per heavy atom. The van der Waals surface area contributed by atoms with Gasteiger partial charge in [0.05, 0.1) is 0 Å². The molecule has 1 atom stereocenters. The first-order valence-corrected chi connectivity index (χ1v) is 6.62. The fraction of sp³-hybridized carbons (Fsp3) is 1.00. The molecule has 2 rings (SSSR count). The fourth-order valence-electron chi connectivity index (χ4n) is 3.57. The Bertz CT molecular complexity index is 226. The van der Waals surface area contributed by atoms with Gasteiger partial charge < -0.3 is 16.0 Å². The van der Waals surface area contributed by atoms with Gasteiger partial charge in [0.15, 0.2) is 0 Å². The molecular weight excluding hydrogens is 198 g/mol. The third-order valence-corrected chi connectivity index (χ3v) is 3.72. The normalized spacial score (nSPS) is 34.1. The Balaban J connectivity index is 1.93. The molecule has 0 aromatic carbocycles. The summed E-state index contributed by atoms with van der Waals surface area (Å²) in [5.41, 5.74) is 0.511. The molecule has 2 heterocycles. The van der Waals surface area contributed by atoms with E-state index in [4.69, 9.17) is 0 Å². The summed E-state index contributed by atoms with van der Waals surface area (Å²) in [6.07, 6.45) is 3.74. The van der Waals surface area contributed by atoms with Crippen LogP contribution in [0.15, 0.2) is 0 Å². The summed E-state index contributed by atoms with van der Waals surface area (Å²) in [5.74, 6) is 0. The van der Waals surface area contributed by atoms with E-state index in [9.17, 15) is 0 Å². The molecule has 0 bridgehead atoms. The summed E-state index contributed by atoms with van der Waals surface area (Å²) >= 11 is 0. The van der Waals surface area contributed by atoms with E-state index in [2.05, 4.69) is 43.6 Å². The molecule has 2 aliphatic rings. The van der Waals surface area contributed by atoms with Crippen LogP contribution in [0.5, 0.6) is 0 Å². The largest absolute Gasteiger partial charge is 0.315 e. The summed E-state index contributed by atoms with van der Waals surface area (Å²) in [6.45, 7) is 11.6. The van der Waals surface area contributed by atoms with E-state index in [1.165, 1.54) is 25.8 Å². The lowest BCUT2D eigenvalue weighted by atomic mass is 9.79. The van der Waals surface area contributed by atoms with E-state index in [1.54, 1.807) is 0 Å². The first-order valence-electron chi connectivity index (χ1n) is 6.62. The van der Waals surface area contributed by atoms with Crippen molar-refractivity contribution in [3.63, 3.8) is 0 Å². The molecule has 1 unspecified atom stereocenters. The second-order valence-corrected chi connectivity index (χ2v) is 6.85. The minimum absolute atomic E-state index is 0.255. The first kappa shape index (κ1) is 12.3. The van der Waals surface area contributed by atoms with E-state index < -0.39 is 0 Å². The third-order valence-electron chi connectivity index (χ3n) is 3.72. The second-order valence-electron chi connectivity index (χ2n) is 6.85. The Morgan fingerprint density at radius 3 is 2.12 bits per heavy atom. The molecule has 2 fully saturated rings. The zero-order valence-electron chi connectivity index (χ0n) is 11.2. The topological polar surface area (TPSA) is 36.1 Å². The first-order chi connectivity index (χ1) is 7.36. The number of piperidine rings is 1. The van der Waals surface area contributed by atoms with Crippen molar-refractivity contribution in [2.45, 2.75) is 70.1 Å². The highest BCUT2D eigenvalue weighted by molar-refractivity contribution is 5.00. The molecule has 16 heavy (non-hydrogen) atoms. The van der Waals surface area contributed by atoms with Crippen LogP contribution in [0.25, 0.3) is 0 Å². The predicted molar refractivity (Wildman–Crippen MR) is 68.7 cm³/mol. The molecule has 0 aliphatic carbocycles. The minimum Gasteiger partial charge on any atom is -0.315 e. The highest BCUT2D eigenvalue weighted by Gasteiger charge is 2.38. The van der Waals surface area contributed by atoms with Gasteiger partial charge in [-0.25, -0.2) is 0 Å². The van der Waals surface area contributed by atoms with Crippen LogP contribution in [0.2, 0.25) is 0 Å². The van der Waals surface area contributed by atoms with Crippen LogP contribution >= 0.6 is 0 Å². The molecule has 3 nitrogen and oxygen atoms in total. The number of hydrogen-bond donors (Lipinski definition) is 3. The van der Waals surface area contributed by atoms with Crippen LogP contribution < -0.4 is 16.0 Å². The lowest BCUT2D eigenvalue weighted by molar-refractivity contribution is 0.141. The third kappa shape index (κ3) is 3.19. The van der Waals surface area contributed by atoms with Gasteiger partial charge in [0, 0.05) is 29.7 Å². The van der Waals surface area contributed by atoms with E-state index in [1.807, 2.05) is 0 Å². The lowest BCUT2D eigenvalue weighted by Gasteiger charge is -2.47. The van der Waals surface area contributed by atoms with Crippen molar-refractivity contribution in [3.05, 3.63) is 0 Å². The van der Waals surface area contributed by atoms with Gasteiger partial charge in [0.2, 0.25) is 0 Å². The molecule has 2 saturated heterocycles. The molecule has 0 radical (unpaired) electrons. The fourth-order valence-corrected chi connectivity index (χ4v) is 3.57. The van der Waals surface area contributed by atoms with Gasteiger partial charge in [-0.05, 0) is 53.5 Å². The van der Waals surface area contributed by atoms with Gasteiger partial charge in [-0.15, -0.1) is 0 Å². The molecule has 3 N–H and O–H groups in total. The molecular formula is C13H27N3. The summed E-state index contributed by atoms with van der Waals surface area (Å²) in [6, 6.07) is 1.35. The Labute approximate surface area is 99.8 Å². The van der Waals surface area contributed by atoms with Crippen molar-refractivity contribution < 1.29 is 0 Å². The van der Waals surface area contributed by atoms with Crippen molar-refractivity contribution in [2.24, 2.45) is 0 Å². The Morgan fingerprint density at radius 2 is 1.62 bits per heavy atom. The van der Waals surface area contributed by atoms with Crippen molar-refractivity contribution in [1.29, 1.82) is 0 Å². The summed E-state index contributed by atoms with van der Waals surface area (Å²) in [4.78, 5) is 0. The quantitative estimate of drug-likeness (QED) is 0.662. The maximum atomic E-state index is 3.83. The number of nitrogens with one attached hydrogen (secondary N) is 3. The summed E-state index contributed by atoms with van der Waals surface area (Å²) < 4.78 is 0. The van der Waals surface area contributed by atoms with Gasteiger partial charge in [-0.1, -0.05) is 0 Å². The van der Waals surface area contributed by atoms with Crippen LogP contribution in [0.4, 0.5) is 0 Å². The number of rotatable bonds is 2. The van der Waals surface area contributed by atoms with Gasteiger partial charge in [0.25, 0.3) is 0 Å². The SMILES string of the molecule is CC1(C)CC(NC2CCNC2)CC(C)(C)N1. The van der Waals surface area contributed by atoms with Crippen LogP contribution in [-0.4, -0.2) is 36.3 Å². The molecule has 0 aromatic heterocycles. The Kier molecular flexibility index (Phi) is 3.30. The monoisotopic (exact) mass is 225 g/mol. The highest BCUT2D eigenvalue weighted by atomic mass is 15.1. The van der Waals surface area contributed by atoms with Crippen molar-refractivity contribution in [3.8, 4) is 0 Å². The second kappa shape index (κ2) is 4.28. The van der Waals surface area contributed by atoms with Crippen LogP contribution in [0, 0.1) is 0 Å². The van der Waals surface area contributed by atoms with E-state index >= 15 is 0 Å². The molecule has 0 spiro atoms. The summed E-state index contributed by atoms with van der Waals surface area (Å²) in [5, 5.41) is 11.0. The van der Waals surface area contributed by atoms with E-state index in [-0.39, 0.29) is 11.1 Å². The van der Waals surface area contributed by atoms with E-state index in [0.717, 1.165) is 6.54 Å². The molecule has 0 amide bonds. The van der Waals surface area contributed by atoms with E-state index in [0.29, 0.717) is 12.1 Å².